The Labute approximate surface area is 89.1 Å². The van der Waals surface area contributed by atoms with Gasteiger partial charge < -0.3 is 14.8 Å². The van der Waals surface area contributed by atoms with Crippen molar-refractivity contribution in [2.75, 3.05) is 0 Å². The Morgan fingerprint density at radius 2 is 2.13 bits per heavy atom. The molecule has 1 saturated heterocycles. The highest BCUT2D eigenvalue weighted by Gasteiger charge is 2.34. The number of hydrogen-bond donors (Lipinski definition) is 1. The second-order valence-corrected chi connectivity index (χ2v) is 4.68. The topological polar surface area (TPSA) is 64.6 Å². The first kappa shape index (κ1) is 11.8. The van der Waals surface area contributed by atoms with Crippen molar-refractivity contribution >= 4 is 12.1 Å². The van der Waals surface area contributed by atoms with Crippen LogP contribution in [0.2, 0.25) is 0 Å². The van der Waals surface area contributed by atoms with Gasteiger partial charge in [-0.2, -0.15) is 0 Å². The molecule has 1 N–H and O–H groups in total. The highest BCUT2D eigenvalue weighted by atomic mass is 16.6. The third-order valence-corrected chi connectivity index (χ3v) is 1.86. The summed E-state index contributed by atoms with van der Waals surface area (Å²) in [5, 5.41) is 2.48. The van der Waals surface area contributed by atoms with Crippen LogP contribution in [-0.2, 0) is 14.3 Å². The zero-order valence-electron chi connectivity index (χ0n) is 9.49. The van der Waals surface area contributed by atoms with Crippen molar-refractivity contribution in [3.8, 4) is 0 Å². The van der Waals surface area contributed by atoms with E-state index in [2.05, 4.69) is 5.32 Å². The molecule has 0 spiro atoms. The number of hydrogen-bond acceptors (Lipinski definition) is 4. The summed E-state index contributed by atoms with van der Waals surface area (Å²) in [5.41, 5.74) is -0.557. The van der Waals surface area contributed by atoms with Gasteiger partial charge in [-0.25, -0.2) is 9.59 Å². The van der Waals surface area contributed by atoms with Crippen molar-refractivity contribution in [1.29, 1.82) is 0 Å². The zero-order chi connectivity index (χ0) is 11.6. The number of cyclic esters (lactones) is 1. The molecule has 0 aromatic rings. The van der Waals surface area contributed by atoms with Crippen molar-refractivity contribution in [1.82, 2.24) is 5.32 Å². The van der Waals surface area contributed by atoms with Crippen molar-refractivity contribution in [2.45, 2.75) is 51.9 Å². The fourth-order valence-corrected chi connectivity index (χ4v) is 1.32. The summed E-state index contributed by atoms with van der Waals surface area (Å²) in [4.78, 5) is 22.5. The molecule has 0 aliphatic carbocycles. The van der Waals surface area contributed by atoms with Crippen molar-refractivity contribution < 1.29 is 19.1 Å². The minimum atomic E-state index is -0.585. The highest BCUT2D eigenvalue weighted by Crippen LogP contribution is 2.15. The second kappa shape index (κ2) is 4.08. The molecule has 0 saturated carbocycles. The van der Waals surface area contributed by atoms with Crippen LogP contribution < -0.4 is 5.32 Å². The first-order valence-electron chi connectivity index (χ1n) is 4.98. The molecule has 2 atom stereocenters. The van der Waals surface area contributed by atoms with Gasteiger partial charge in [-0.1, -0.05) is 0 Å². The van der Waals surface area contributed by atoms with Gasteiger partial charge in [-0.05, 0) is 27.7 Å². The van der Waals surface area contributed by atoms with Gasteiger partial charge in [0, 0.05) is 6.42 Å². The summed E-state index contributed by atoms with van der Waals surface area (Å²) >= 11 is 0. The normalized spacial score (nSPS) is 26.0. The van der Waals surface area contributed by atoms with Crippen LogP contribution in [0.1, 0.15) is 34.1 Å². The van der Waals surface area contributed by atoms with Crippen LogP contribution in [0.5, 0.6) is 0 Å². The lowest BCUT2D eigenvalue weighted by atomic mass is 10.2. The number of amides is 1. The average molecular weight is 215 g/mol. The lowest BCUT2D eigenvalue weighted by molar-refractivity contribution is -0.142. The lowest BCUT2D eigenvalue weighted by Crippen LogP contribution is -2.41. The standard InChI is InChI=1S/C10H17NO4/c1-6-5-7(8(12)14-6)11-9(13)15-10(2,3)4/h6-7H,5H2,1-4H3,(H,11,13)/t6?,7-/m0/s1. The number of ether oxygens (including phenoxy) is 2. The van der Waals surface area contributed by atoms with Crippen LogP contribution in [0.25, 0.3) is 0 Å². The van der Waals surface area contributed by atoms with Gasteiger partial charge in [0.2, 0.25) is 0 Å². The Kier molecular flexibility index (Phi) is 3.21. The van der Waals surface area contributed by atoms with E-state index >= 15 is 0 Å². The fraction of sp³-hybridized carbons (Fsp3) is 0.800. The Morgan fingerprint density at radius 3 is 2.53 bits per heavy atom. The minimum Gasteiger partial charge on any atom is -0.461 e. The van der Waals surface area contributed by atoms with E-state index in [-0.39, 0.29) is 6.10 Å². The van der Waals surface area contributed by atoms with Gasteiger partial charge in [0.05, 0.1) is 0 Å². The van der Waals surface area contributed by atoms with E-state index in [4.69, 9.17) is 9.47 Å². The number of alkyl carbamates (subject to hydrolysis) is 1. The monoisotopic (exact) mass is 215 g/mol. The molecule has 86 valence electrons. The first-order valence-corrected chi connectivity index (χ1v) is 4.98. The van der Waals surface area contributed by atoms with Gasteiger partial charge in [-0.3, -0.25) is 0 Å². The summed E-state index contributed by atoms with van der Waals surface area (Å²) in [6, 6.07) is -0.574. The van der Waals surface area contributed by atoms with E-state index in [0.717, 1.165) is 0 Å². The number of nitrogens with one attached hydrogen (secondary N) is 1. The second-order valence-electron chi connectivity index (χ2n) is 4.68. The summed E-state index contributed by atoms with van der Waals surface area (Å²) in [6.45, 7) is 7.08. The fourth-order valence-electron chi connectivity index (χ4n) is 1.32. The Morgan fingerprint density at radius 1 is 1.53 bits per heavy atom. The van der Waals surface area contributed by atoms with E-state index in [1.807, 2.05) is 0 Å². The van der Waals surface area contributed by atoms with Crippen LogP contribution in [0, 0.1) is 0 Å². The molecule has 1 fully saturated rings. The van der Waals surface area contributed by atoms with Crippen LogP contribution >= 0.6 is 0 Å². The molecule has 0 aromatic carbocycles. The third-order valence-electron chi connectivity index (χ3n) is 1.86. The van der Waals surface area contributed by atoms with E-state index in [1.54, 1.807) is 27.7 Å². The highest BCUT2D eigenvalue weighted by molar-refractivity contribution is 5.83. The summed E-state index contributed by atoms with van der Waals surface area (Å²) in [6.07, 6.45) is -0.228. The third kappa shape index (κ3) is 3.77. The summed E-state index contributed by atoms with van der Waals surface area (Å²) in [5.74, 6) is -0.395. The molecule has 5 heteroatoms. The molecule has 1 heterocycles. The van der Waals surface area contributed by atoms with Gasteiger partial charge >= 0.3 is 12.1 Å². The average Bonchev–Trinajstić information content (AvgIpc) is 2.25. The summed E-state index contributed by atoms with van der Waals surface area (Å²) < 4.78 is 9.92. The molecule has 1 amide bonds. The Balaban J connectivity index is 2.42. The van der Waals surface area contributed by atoms with Gasteiger partial charge in [0.25, 0.3) is 0 Å². The van der Waals surface area contributed by atoms with Crippen molar-refractivity contribution in [3.63, 3.8) is 0 Å². The molecule has 1 rings (SSSR count). The number of esters is 1. The maximum atomic E-state index is 11.3. The minimum absolute atomic E-state index is 0.141. The van der Waals surface area contributed by atoms with Crippen LogP contribution in [0.3, 0.4) is 0 Å². The Hall–Kier alpha value is -1.26. The van der Waals surface area contributed by atoms with E-state index < -0.39 is 23.7 Å². The quantitative estimate of drug-likeness (QED) is 0.668. The molecule has 1 aliphatic heterocycles. The van der Waals surface area contributed by atoms with E-state index in [1.165, 1.54) is 0 Å². The molecular formula is C10H17NO4. The molecule has 0 aromatic heterocycles. The Bertz CT molecular complexity index is 269. The van der Waals surface area contributed by atoms with Gasteiger partial charge in [0.15, 0.2) is 0 Å². The molecule has 1 aliphatic rings. The van der Waals surface area contributed by atoms with Crippen LogP contribution in [0.4, 0.5) is 4.79 Å². The van der Waals surface area contributed by atoms with Gasteiger partial charge in [-0.15, -0.1) is 0 Å². The van der Waals surface area contributed by atoms with E-state index in [0.29, 0.717) is 6.42 Å². The van der Waals surface area contributed by atoms with Crippen LogP contribution in [-0.4, -0.2) is 29.8 Å². The molecular weight excluding hydrogens is 198 g/mol. The maximum absolute atomic E-state index is 11.3. The van der Waals surface area contributed by atoms with Crippen molar-refractivity contribution in [3.05, 3.63) is 0 Å². The number of rotatable bonds is 1. The van der Waals surface area contributed by atoms with Crippen molar-refractivity contribution in [2.24, 2.45) is 0 Å². The smallest absolute Gasteiger partial charge is 0.408 e. The molecule has 15 heavy (non-hydrogen) atoms. The maximum Gasteiger partial charge on any atom is 0.408 e. The number of carbonyl (C=O) groups excluding carboxylic acids is 2. The number of carbonyl (C=O) groups is 2. The lowest BCUT2D eigenvalue weighted by Gasteiger charge is -2.20. The first-order chi connectivity index (χ1) is 6.78. The molecule has 5 nitrogen and oxygen atoms in total. The van der Waals surface area contributed by atoms with Gasteiger partial charge in [0.1, 0.15) is 17.7 Å². The molecule has 0 bridgehead atoms. The SMILES string of the molecule is CC1C[C@H](NC(=O)OC(C)(C)C)C(=O)O1. The molecule has 1 unspecified atom stereocenters. The predicted molar refractivity (Wildman–Crippen MR) is 53.3 cm³/mol. The molecule has 0 radical (unpaired) electrons. The van der Waals surface area contributed by atoms with E-state index in [9.17, 15) is 9.59 Å². The van der Waals surface area contributed by atoms with Crippen LogP contribution in [0.15, 0.2) is 0 Å². The summed E-state index contributed by atoms with van der Waals surface area (Å²) in [7, 11) is 0. The predicted octanol–water partition coefficient (Wildman–Crippen LogP) is 1.22. The largest absolute Gasteiger partial charge is 0.461 e. The zero-order valence-corrected chi connectivity index (χ0v) is 9.49.